The minimum Gasteiger partial charge on any atom is -0.497 e. The Bertz CT molecular complexity index is 770. The number of Topliss-reactive ketones (excluding diaryl/α,β-unsaturated/α-hetero) is 1. The fourth-order valence-electron chi connectivity index (χ4n) is 2.14. The quantitative estimate of drug-likeness (QED) is 0.522. The highest BCUT2D eigenvalue weighted by Crippen LogP contribution is 2.16. The van der Waals surface area contributed by atoms with Gasteiger partial charge in [-0.25, -0.2) is 0 Å². The summed E-state index contributed by atoms with van der Waals surface area (Å²) in [5, 5.41) is 0. The van der Waals surface area contributed by atoms with E-state index in [1.807, 2.05) is 46.5 Å². The standard InChI is InChI=1S/C16H14NO2S.BrH/c1-19-13-6-4-5-12(9-13)15(18)10-17-11-20-16-8-3-2-7-14(16)17;/h2-9,11H,10H2,1H3;1H/q+1;. The Labute approximate surface area is 137 Å². The molecule has 0 fully saturated rings. The average molecular weight is 365 g/mol. The lowest BCUT2D eigenvalue weighted by atomic mass is 10.1. The second-order valence-corrected chi connectivity index (χ2v) is 5.36. The summed E-state index contributed by atoms with van der Waals surface area (Å²) >= 11 is 1.64. The molecule has 21 heavy (non-hydrogen) atoms. The molecule has 0 aliphatic carbocycles. The number of fused-ring (bicyclic) bond motifs is 1. The van der Waals surface area contributed by atoms with Crippen molar-refractivity contribution in [2.24, 2.45) is 0 Å². The molecule has 0 amide bonds. The van der Waals surface area contributed by atoms with Crippen molar-refractivity contribution in [1.29, 1.82) is 0 Å². The fourth-order valence-corrected chi connectivity index (χ4v) is 3.03. The first-order valence-corrected chi connectivity index (χ1v) is 7.19. The predicted molar refractivity (Wildman–Crippen MR) is 89.7 cm³/mol. The number of hydrogen-bond donors (Lipinski definition) is 0. The summed E-state index contributed by atoms with van der Waals surface area (Å²) in [6, 6.07) is 15.4. The van der Waals surface area contributed by atoms with Crippen LogP contribution in [0.15, 0.2) is 54.0 Å². The van der Waals surface area contributed by atoms with Crippen molar-refractivity contribution in [2.75, 3.05) is 7.11 Å². The lowest BCUT2D eigenvalue weighted by molar-refractivity contribution is -0.652. The Hall–Kier alpha value is -1.72. The van der Waals surface area contributed by atoms with Gasteiger partial charge in [-0.15, -0.1) is 17.0 Å². The van der Waals surface area contributed by atoms with Crippen LogP contribution in [0.5, 0.6) is 5.75 Å². The SMILES string of the molecule is Br.COc1cccc(C(=O)C[n+]2csc3ccccc32)c1. The van der Waals surface area contributed by atoms with Crippen molar-refractivity contribution in [3.05, 3.63) is 59.6 Å². The molecule has 0 aliphatic rings. The molecule has 1 heterocycles. The molecule has 0 saturated carbocycles. The molecule has 3 aromatic rings. The number of ketones is 1. The number of aromatic nitrogens is 1. The maximum atomic E-state index is 12.4. The van der Waals surface area contributed by atoms with Crippen molar-refractivity contribution >= 4 is 44.3 Å². The number of hydrogen-bond acceptors (Lipinski definition) is 3. The Morgan fingerprint density at radius 1 is 1.19 bits per heavy atom. The second kappa shape index (κ2) is 6.83. The molecule has 5 heteroatoms. The summed E-state index contributed by atoms with van der Waals surface area (Å²) in [6.07, 6.45) is 0. The molecule has 0 bridgehead atoms. The Morgan fingerprint density at radius 2 is 2.00 bits per heavy atom. The van der Waals surface area contributed by atoms with Gasteiger partial charge in [-0.2, -0.15) is 4.57 Å². The van der Waals surface area contributed by atoms with Crippen LogP contribution in [0.1, 0.15) is 10.4 Å². The van der Waals surface area contributed by atoms with Crippen LogP contribution >= 0.6 is 28.3 Å². The number of carbonyl (C=O) groups excluding carboxylic acids is 1. The van der Waals surface area contributed by atoms with Gasteiger partial charge in [0.15, 0.2) is 0 Å². The van der Waals surface area contributed by atoms with Gasteiger partial charge in [-0.05, 0) is 18.2 Å². The fraction of sp³-hybridized carbons (Fsp3) is 0.125. The van der Waals surface area contributed by atoms with E-state index in [1.54, 1.807) is 24.5 Å². The number of thiazole rings is 1. The van der Waals surface area contributed by atoms with Gasteiger partial charge in [-0.1, -0.05) is 35.6 Å². The summed E-state index contributed by atoms with van der Waals surface area (Å²) in [5.41, 5.74) is 3.75. The van der Waals surface area contributed by atoms with Gasteiger partial charge in [0, 0.05) is 11.6 Å². The number of para-hydroxylation sites is 1. The van der Waals surface area contributed by atoms with Gasteiger partial charge in [0.2, 0.25) is 23.4 Å². The summed E-state index contributed by atoms with van der Waals surface area (Å²) in [7, 11) is 1.60. The molecular formula is C16H15BrNO2S+. The molecule has 3 rings (SSSR count). The van der Waals surface area contributed by atoms with Crippen molar-refractivity contribution in [1.82, 2.24) is 0 Å². The van der Waals surface area contributed by atoms with Gasteiger partial charge >= 0.3 is 0 Å². The third kappa shape index (κ3) is 3.31. The summed E-state index contributed by atoms with van der Waals surface area (Å²) in [5.74, 6) is 0.786. The van der Waals surface area contributed by atoms with Crippen LogP contribution in [0, 0.1) is 0 Å². The summed E-state index contributed by atoms with van der Waals surface area (Å²) in [6.45, 7) is 0.344. The minimum atomic E-state index is 0. The highest BCUT2D eigenvalue weighted by molar-refractivity contribution is 8.93. The number of ether oxygens (including phenoxy) is 1. The zero-order chi connectivity index (χ0) is 13.9. The molecule has 3 nitrogen and oxygen atoms in total. The van der Waals surface area contributed by atoms with Crippen LogP contribution in [0.4, 0.5) is 0 Å². The van der Waals surface area contributed by atoms with Gasteiger partial charge in [-0.3, -0.25) is 4.79 Å². The third-order valence-corrected chi connectivity index (χ3v) is 4.15. The van der Waals surface area contributed by atoms with Gasteiger partial charge < -0.3 is 4.74 Å². The maximum absolute atomic E-state index is 12.4. The molecule has 108 valence electrons. The topological polar surface area (TPSA) is 30.2 Å². The lowest BCUT2D eigenvalue weighted by Crippen LogP contribution is -2.36. The molecule has 0 spiro atoms. The number of benzene rings is 2. The van der Waals surface area contributed by atoms with E-state index < -0.39 is 0 Å². The lowest BCUT2D eigenvalue weighted by Gasteiger charge is -2.01. The van der Waals surface area contributed by atoms with E-state index in [0.29, 0.717) is 17.9 Å². The van der Waals surface area contributed by atoms with Crippen LogP contribution in [0.3, 0.4) is 0 Å². The van der Waals surface area contributed by atoms with Gasteiger partial charge in [0.1, 0.15) is 10.4 Å². The second-order valence-electron chi connectivity index (χ2n) is 4.47. The van der Waals surface area contributed by atoms with E-state index in [0.717, 1.165) is 5.52 Å². The van der Waals surface area contributed by atoms with E-state index in [4.69, 9.17) is 4.74 Å². The largest absolute Gasteiger partial charge is 0.497 e. The first-order chi connectivity index (χ1) is 9.78. The predicted octanol–water partition coefficient (Wildman–Crippen LogP) is 3.66. The van der Waals surface area contributed by atoms with E-state index in [2.05, 4.69) is 6.07 Å². The number of nitrogens with zero attached hydrogens (tertiary/aromatic N) is 1. The van der Waals surface area contributed by atoms with Gasteiger partial charge in [0.25, 0.3) is 0 Å². The molecule has 0 radical (unpaired) electrons. The van der Waals surface area contributed by atoms with Crippen molar-refractivity contribution in [3.63, 3.8) is 0 Å². The Balaban J connectivity index is 0.00000161. The number of halogens is 1. The first-order valence-electron chi connectivity index (χ1n) is 6.31. The van der Waals surface area contributed by atoms with Crippen LogP contribution < -0.4 is 9.30 Å². The highest BCUT2D eigenvalue weighted by atomic mass is 79.9. The number of rotatable bonds is 4. The van der Waals surface area contributed by atoms with E-state index >= 15 is 0 Å². The molecule has 0 aliphatic heterocycles. The van der Waals surface area contributed by atoms with E-state index in [1.165, 1.54) is 4.70 Å². The Kier molecular flexibility index (Phi) is 5.09. The zero-order valence-corrected chi connectivity index (χ0v) is 14.0. The van der Waals surface area contributed by atoms with Gasteiger partial charge in [0.05, 0.1) is 7.11 Å². The molecule has 0 N–H and O–H groups in total. The molecule has 2 aromatic carbocycles. The summed E-state index contributed by atoms with van der Waals surface area (Å²) in [4.78, 5) is 12.4. The Morgan fingerprint density at radius 3 is 2.81 bits per heavy atom. The van der Waals surface area contributed by atoms with Crippen molar-refractivity contribution in [2.45, 2.75) is 6.54 Å². The van der Waals surface area contributed by atoms with Crippen LogP contribution in [0.2, 0.25) is 0 Å². The molecule has 0 unspecified atom stereocenters. The highest BCUT2D eigenvalue weighted by Gasteiger charge is 2.17. The third-order valence-electron chi connectivity index (χ3n) is 3.19. The normalized spacial score (nSPS) is 10.1. The van der Waals surface area contributed by atoms with E-state index in [9.17, 15) is 4.79 Å². The molecule has 1 aromatic heterocycles. The molecule has 0 saturated heterocycles. The van der Waals surface area contributed by atoms with Crippen molar-refractivity contribution < 1.29 is 14.1 Å². The van der Waals surface area contributed by atoms with Crippen LogP contribution in [0.25, 0.3) is 10.2 Å². The molecule has 0 atom stereocenters. The monoisotopic (exact) mass is 364 g/mol. The maximum Gasteiger partial charge on any atom is 0.227 e. The summed E-state index contributed by atoms with van der Waals surface area (Å²) < 4.78 is 8.33. The number of methoxy groups -OCH3 is 1. The smallest absolute Gasteiger partial charge is 0.227 e. The van der Waals surface area contributed by atoms with Crippen LogP contribution in [-0.2, 0) is 6.54 Å². The zero-order valence-electron chi connectivity index (χ0n) is 11.5. The first kappa shape index (κ1) is 15.7. The van der Waals surface area contributed by atoms with E-state index in [-0.39, 0.29) is 22.8 Å². The minimum absolute atomic E-state index is 0. The average Bonchev–Trinajstić information content (AvgIpc) is 2.90. The van der Waals surface area contributed by atoms with Crippen LogP contribution in [-0.4, -0.2) is 12.9 Å². The number of carbonyl (C=O) groups is 1. The molecular weight excluding hydrogens is 350 g/mol. The van der Waals surface area contributed by atoms with Crippen molar-refractivity contribution in [3.8, 4) is 5.75 Å².